The van der Waals surface area contributed by atoms with E-state index in [1.165, 1.54) is 4.90 Å². The molecule has 1 amide bonds. The molecule has 0 aliphatic heterocycles. The molecule has 0 saturated carbocycles. The van der Waals surface area contributed by atoms with Crippen LogP contribution in [0.3, 0.4) is 0 Å². The summed E-state index contributed by atoms with van der Waals surface area (Å²) in [4.78, 5) is 26.7. The molecular formula is C22H23NO5. The first-order valence-corrected chi connectivity index (χ1v) is 8.97. The summed E-state index contributed by atoms with van der Waals surface area (Å²) >= 11 is 0. The molecule has 0 aliphatic rings. The first-order valence-electron chi connectivity index (χ1n) is 8.97. The quantitative estimate of drug-likeness (QED) is 0.605. The van der Waals surface area contributed by atoms with Crippen LogP contribution in [0.25, 0.3) is 11.0 Å². The molecular weight excluding hydrogens is 358 g/mol. The summed E-state index contributed by atoms with van der Waals surface area (Å²) in [6, 6.07) is 14.9. The Morgan fingerprint density at radius 1 is 1.14 bits per heavy atom. The van der Waals surface area contributed by atoms with Gasteiger partial charge in [-0.3, -0.25) is 4.79 Å². The summed E-state index contributed by atoms with van der Waals surface area (Å²) in [6.07, 6.45) is -0.927. The number of hydrogen-bond acceptors (Lipinski definition) is 5. The molecule has 3 aromatic rings. The maximum Gasteiger partial charge on any atom is 0.375 e. The van der Waals surface area contributed by atoms with Gasteiger partial charge < -0.3 is 18.8 Å². The Hall–Kier alpha value is -3.28. The number of carbonyl (C=O) groups is 2. The second-order valence-electron chi connectivity index (χ2n) is 6.65. The standard InChI is InChI=1S/C22H23NO5/c1-14-18-12-17(26-4)10-11-19(18)28-20(14)22(25)27-15(2)21(24)23(3)13-16-8-6-5-7-9-16/h5-12,15H,13H2,1-4H3/t15-/m1/s1. The van der Waals surface area contributed by atoms with Gasteiger partial charge in [-0.2, -0.15) is 0 Å². The highest BCUT2D eigenvalue weighted by Crippen LogP contribution is 2.29. The van der Waals surface area contributed by atoms with Gasteiger partial charge in [-0.25, -0.2) is 4.79 Å². The number of rotatable bonds is 6. The maximum atomic E-state index is 12.6. The second kappa shape index (κ2) is 8.17. The molecule has 2 aromatic carbocycles. The van der Waals surface area contributed by atoms with Gasteiger partial charge >= 0.3 is 5.97 Å². The third kappa shape index (κ3) is 4.01. The minimum absolute atomic E-state index is 0.0913. The normalized spacial score (nSPS) is 11.9. The number of likely N-dealkylation sites (N-methyl/N-ethyl adjacent to an activating group) is 1. The van der Waals surface area contributed by atoms with Crippen molar-refractivity contribution in [3.8, 4) is 5.75 Å². The third-order valence-electron chi connectivity index (χ3n) is 4.60. The molecule has 0 radical (unpaired) electrons. The molecule has 3 rings (SSSR count). The topological polar surface area (TPSA) is 69.0 Å². The van der Waals surface area contributed by atoms with Crippen molar-refractivity contribution in [1.29, 1.82) is 0 Å². The van der Waals surface area contributed by atoms with E-state index >= 15 is 0 Å². The lowest BCUT2D eigenvalue weighted by atomic mass is 10.1. The predicted octanol–water partition coefficient (Wildman–Crippen LogP) is 3.95. The molecule has 0 saturated heterocycles. The minimum atomic E-state index is -0.927. The number of nitrogens with zero attached hydrogens (tertiary/aromatic N) is 1. The summed E-state index contributed by atoms with van der Waals surface area (Å²) in [5.41, 5.74) is 2.21. The van der Waals surface area contributed by atoms with Gasteiger partial charge in [0.05, 0.1) is 7.11 Å². The smallest absolute Gasteiger partial charge is 0.375 e. The van der Waals surface area contributed by atoms with Crippen molar-refractivity contribution in [2.24, 2.45) is 0 Å². The zero-order valence-electron chi connectivity index (χ0n) is 16.4. The average molecular weight is 381 g/mol. The van der Waals surface area contributed by atoms with E-state index in [9.17, 15) is 9.59 Å². The molecule has 1 aromatic heterocycles. The zero-order chi connectivity index (χ0) is 20.3. The highest BCUT2D eigenvalue weighted by atomic mass is 16.6. The molecule has 0 spiro atoms. The summed E-state index contributed by atoms with van der Waals surface area (Å²) in [5.74, 6) is -0.190. The first kappa shape index (κ1) is 19.5. The molecule has 6 nitrogen and oxygen atoms in total. The molecule has 6 heteroatoms. The highest BCUT2D eigenvalue weighted by Gasteiger charge is 2.26. The fraction of sp³-hybridized carbons (Fsp3) is 0.273. The van der Waals surface area contributed by atoms with Gasteiger partial charge in [-0.05, 0) is 37.6 Å². The minimum Gasteiger partial charge on any atom is -0.497 e. The number of fused-ring (bicyclic) bond motifs is 1. The third-order valence-corrected chi connectivity index (χ3v) is 4.60. The summed E-state index contributed by atoms with van der Waals surface area (Å²) < 4.78 is 16.2. The van der Waals surface area contributed by atoms with Crippen molar-refractivity contribution in [2.45, 2.75) is 26.5 Å². The Labute approximate surface area is 163 Å². The number of methoxy groups -OCH3 is 1. The van der Waals surface area contributed by atoms with Gasteiger partial charge in [0.1, 0.15) is 11.3 Å². The van der Waals surface area contributed by atoms with E-state index in [1.54, 1.807) is 46.2 Å². The summed E-state index contributed by atoms with van der Waals surface area (Å²) in [7, 11) is 3.25. The van der Waals surface area contributed by atoms with Crippen molar-refractivity contribution in [2.75, 3.05) is 14.2 Å². The number of carbonyl (C=O) groups excluding carboxylic acids is 2. The molecule has 0 fully saturated rings. The highest BCUT2D eigenvalue weighted by molar-refractivity contribution is 5.97. The lowest BCUT2D eigenvalue weighted by molar-refractivity contribution is -0.139. The van der Waals surface area contributed by atoms with Crippen LogP contribution in [0.1, 0.15) is 28.6 Å². The van der Waals surface area contributed by atoms with Crippen molar-refractivity contribution in [1.82, 2.24) is 4.90 Å². The molecule has 0 bridgehead atoms. The summed E-state index contributed by atoms with van der Waals surface area (Å²) in [6.45, 7) is 3.77. The monoisotopic (exact) mass is 381 g/mol. The van der Waals surface area contributed by atoms with E-state index in [1.807, 2.05) is 30.3 Å². The molecule has 28 heavy (non-hydrogen) atoms. The fourth-order valence-corrected chi connectivity index (χ4v) is 3.03. The van der Waals surface area contributed by atoms with E-state index < -0.39 is 12.1 Å². The van der Waals surface area contributed by atoms with E-state index in [0.717, 1.165) is 10.9 Å². The van der Waals surface area contributed by atoms with Gasteiger partial charge in [-0.15, -0.1) is 0 Å². The largest absolute Gasteiger partial charge is 0.497 e. The Kier molecular flexibility index (Phi) is 5.68. The number of hydrogen-bond donors (Lipinski definition) is 0. The van der Waals surface area contributed by atoms with E-state index in [0.29, 0.717) is 23.4 Å². The van der Waals surface area contributed by atoms with Gasteiger partial charge in [0.15, 0.2) is 6.10 Å². The predicted molar refractivity (Wildman–Crippen MR) is 105 cm³/mol. The number of ether oxygens (including phenoxy) is 2. The number of esters is 1. The van der Waals surface area contributed by atoms with Crippen LogP contribution in [0.2, 0.25) is 0 Å². The molecule has 1 heterocycles. The van der Waals surface area contributed by atoms with Crippen molar-refractivity contribution < 1.29 is 23.5 Å². The lowest BCUT2D eigenvalue weighted by Crippen LogP contribution is -2.37. The van der Waals surface area contributed by atoms with Crippen molar-refractivity contribution in [3.63, 3.8) is 0 Å². The van der Waals surface area contributed by atoms with E-state index in [4.69, 9.17) is 13.9 Å². The van der Waals surface area contributed by atoms with Crippen molar-refractivity contribution >= 4 is 22.8 Å². The van der Waals surface area contributed by atoms with Crippen molar-refractivity contribution in [3.05, 3.63) is 65.4 Å². The van der Waals surface area contributed by atoms with Crippen LogP contribution in [-0.4, -0.2) is 37.0 Å². The molecule has 0 aliphatic carbocycles. The Bertz CT molecular complexity index is 993. The van der Waals surface area contributed by atoms with Gasteiger partial charge in [0.25, 0.3) is 5.91 Å². The molecule has 1 atom stereocenters. The van der Waals surface area contributed by atoms with Gasteiger partial charge in [0.2, 0.25) is 5.76 Å². The van der Waals surface area contributed by atoms with E-state index in [2.05, 4.69) is 0 Å². The Balaban J connectivity index is 1.70. The fourth-order valence-electron chi connectivity index (χ4n) is 3.03. The van der Waals surface area contributed by atoms with Crippen LogP contribution in [-0.2, 0) is 16.1 Å². The van der Waals surface area contributed by atoms with Crippen LogP contribution in [0.5, 0.6) is 5.75 Å². The first-order chi connectivity index (χ1) is 13.4. The van der Waals surface area contributed by atoms with Crippen LogP contribution in [0.15, 0.2) is 52.9 Å². The average Bonchev–Trinajstić information content (AvgIpc) is 3.04. The molecule has 146 valence electrons. The maximum absolute atomic E-state index is 12.6. The van der Waals surface area contributed by atoms with Crippen LogP contribution < -0.4 is 4.74 Å². The van der Waals surface area contributed by atoms with Gasteiger partial charge in [0, 0.05) is 24.5 Å². The number of benzene rings is 2. The zero-order valence-corrected chi connectivity index (χ0v) is 16.4. The number of aryl methyl sites for hydroxylation is 1. The second-order valence-corrected chi connectivity index (χ2v) is 6.65. The number of furan rings is 1. The number of amides is 1. The Morgan fingerprint density at radius 2 is 1.86 bits per heavy atom. The summed E-state index contributed by atoms with van der Waals surface area (Å²) in [5, 5.41) is 0.770. The molecule has 0 N–H and O–H groups in total. The van der Waals surface area contributed by atoms with Crippen LogP contribution >= 0.6 is 0 Å². The van der Waals surface area contributed by atoms with Crippen LogP contribution in [0, 0.1) is 6.92 Å². The SMILES string of the molecule is COc1ccc2oc(C(=O)O[C@H](C)C(=O)N(C)Cc3ccccc3)c(C)c2c1. The Morgan fingerprint density at radius 3 is 2.54 bits per heavy atom. The lowest BCUT2D eigenvalue weighted by Gasteiger charge is -2.21. The van der Waals surface area contributed by atoms with Gasteiger partial charge in [-0.1, -0.05) is 30.3 Å². The molecule has 0 unspecified atom stereocenters. The van der Waals surface area contributed by atoms with E-state index in [-0.39, 0.29) is 11.7 Å². The van der Waals surface area contributed by atoms with Crippen LogP contribution in [0.4, 0.5) is 0 Å².